The molecular formula is C13H11ClN2O. The first kappa shape index (κ1) is 10.5. The summed E-state index contributed by atoms with van der Waals surface area (Å²) in [7, 11) is 0. The minimum atomic E-state index is 0.235. The molecule has 0 spiro atoms. The third kappa shape index (κ3) is 1.76. The summed E-state index contributed by atoms with van der Waals surface area (Å²) in [6, 6.07) is 9.81. The lowest BCUT2D eigenvalue weighted by molar-refractivity contribution is -0.119. The van der Waals surface area contributed by atoms with Crippen LogP contribution in [-0.2, 0) is 17.8 Å². The molecule has 2 heterocycles. The van der Waals surface area contributed by atoms with Crippen LogP contribution < -0.4 is 0 Å². The lowest BCUT2D eigenvalue weighted by Gasteiger charge is -2.12. The molecule has 1 aliphatic rings. The number of imidazole rings is 1. The van der Waals surface area contributed by atoms with Crippen LogP contribution in [-0.4, -0.2) is 15.3 Å². The lowest BCUT2D eigenvalue weighted by Crippen LogP contribution is -2.18. The molecule has 86 valence electrons. The van der Waals surface area contributed by atoms with Crippen molar-refractivity contribution in [2.75, 3.05) is 0 Å². The highest BCUT2D eigenvalue weighted by Crippen LogP contribution is 2.30. The molecule has 1 aliphatic heterocycles. The normalized spacial score (nSPS) is 14.8. The van der Waals surface area contributed by atoms with E-state index < -0.39 is 0 Å². The maximum Gasteiger partial charge on any atom is 0.142 e. The molecule has 3 rings (SSSR count). The molecule has 0 saturated carbocycles. The monoisotopic (exact) mass is 246 g/mol. The number of fused-ring (bicyclic) bond motifs is 1. The van der Waals surface area contributed by atoms with E-state index in [2.05, 4.69) is 4.98 Å². The fourth-order valence-electron chi connectivity index (χ4n) is 2.12. The van der Waals surface area contributed by atoms with Crippen molar-refractivity contribution in [3.05, 3.63) is 41.3 Å². The van der Waals surface area contributed by atoms with E-state index in [1.54, 1.807) is 0 Å². The van der Waals surface area contributed by atoms with Gasteiger partial charge in [0.05, 0.1) is 6.42 Å². The highest BCUT2D eigenvalue weighted by molar-refractivity contribution is 6.32. The highest BCUT2D eigenvalue weighted by Gasteiger charge is 2.22. The molecule has 0 N–H and O–H groups in total. The summed E-state index contributed by atoms with van der Waals surface area (Å²) in [6.07, 6.45) is 0.948. The van der Waals surface area contributed by atoms with Gasteiger partial charge in [-0.1, -0.05) is 41.9 Å². The maximum absolute atomic E-state index is 11.4. The molecule has 3 nitrogen and oxygen atoms in total. The molecule has 0 atom stereocenters. The van der Waals surface area contributed by atoms with Crippen molar-refractivity contribution >= 4 is 17.4 Å². The molecule has 4 heteroatoms. The van der Waals surface area contributed by atoms with Gasteiger partial charge >= 0.3 is 0 Å². The zero-order chi connectivity index (χ0) is 11.8. The van der Waals surface area contributed by atoms with Crippen LogP contribution in [0.5, 0.6) is 0 Å². The third-order valence-corrected chi connectivity index (χ3v) is 3.38. The Hall–Kier alpha value is -1.61. The molecule has 2 aromatic rings. The van der Waals surface area contributed by atoms with Gasteiger partial charge in [0.25, 0.3) is 0 Å². The Balaban J connectivity index is 2.11. The Labute approximate surface area is 104 Å². The first-order valence-corrected chi connectivity index (χ1v) is 5.95. The van der Waals surface area contributed by atoms with Crippen LogP contribution in [0.3, 0.4) is 0 Å². The van der Waals surface area contributed by atoms with Crippen molar-refractivity contribution in [1.29, 1.82) is 0 Å². The fourth-order valence-corrected chi connectivity index (χ4v) is 2.45. The number of carbonyl (C=O) groups excluding carboxylic acids is 1. The molecule has 0 bridgehead atoms. The average Bonchev–Trinajstić information content (AvgIpc) is 2.67. The molecule has 0 amide bonds. The average molecular weight is 247 g/mol. The van der Waals surface area contributed by atoms with E-state index >= 15 is 0 Å². The van der Waals surface area contributed by atoms with E-state index in [9.17, 15) is 4.79 Å². The molecule has 1 aromatic carbocycles. The van der Waals surface area contributed by atoms with Crippen molar-refractivity contribution in [3.8, 4) is 11.3 Å². The van der Waals surface area contributed by atoms with E-state index in [0.29, 0.717) is 24.5 Å². The Morgan fingerprint density at radius 1 is 1.24 bits per heavy atom. The third-order valence-electron chi connectivity index (χ3n) is 3.00. The number of carbonyl (C=O) groups is 1. The lowest BCUT2D eigenvalue weighted by atomic mass is 10.1. The molecule has 0 aliphatic carbocycles. The summed E-state index contributed by atoms with van der Waals surface area (Å²) >= 11 is 6.31. The summed E-state index contributed by atoms with van der Waals surface area (Å²) in [5, 5.41) is 0.638. The number of benzene rings is 1. The molecule has 17 heavy (non-hydrogen) atoms. The van der Waals surface area contributed by atoms with E-state index in [0.717, 1.165) is 17.1 Å². The summed E-state index contributed by atoms with van der Waals surface area (Å²) in [5.41, 5.74) is 1.77. The van der Waals surface area contributed by atoms with Gasteiger partial charge in [-0.2, -0.15) is 0 Å². The van der Waals surface area contributed by atoms with Crippen molar-refractivity contribution in [2.45, 2.75) is 19.4 Å². The first-order chi connectivity index (χ1) is 8.25. The van der Waals surface area contributed by atoms with Crippen LogP contribution in [0.1, 0.15) is 12.2 Å². The number of aromatic nitrogens is 2. The zero-order valence-electron chi connectivity index (χ0n) is 9.19. The Morgan fingerprint density at radius 3 is 2.76 bits per heavy atom. The number of nitrogens with zero attached hydrogens (tertiary/aromatic N) is 2. The predicted molar refractivity (Wildman–Crippen MR) is 66.0 cm³/mol. The smallest absolute Gasteiger partial charge is 0.142 e. The Bertz CT molecular complexity index is 575. The van der Waals surface area contributed by atoms with Gasteiger partial charge in [-0.3, -0.25) is 4.79 Å². The van der Waals surface area contributed by atoms with Gasteiger partial charge in [0.2, 0.25) is 0 Å². The van der Waals surface area contributed by atoms with E-state index in [1.165, 1.54) is 0 Å². The quantitative estimate of drug-likeness (QED) is 0.776. The second-order valence-electron chi connectivity index (χ2n) is 4.15. The topological polar surface area (TPSA) is 34.9 Å². The van der Waals surface area contributed by atoms with Gasteiger partial charge in [0, 0.05) is 18.5 Å². The van der Waals surface area contributed by atoms with Crippen LogP contribution in [0.25, 0.3) is 11.3 Å². The van der Waals surface area contributed by atoms with Gasteiger partial charge in [0.1, 0.15) is 22.5 Å². The summed E-state index contributed by atoms with van der Waals surface area (Å²) in [4.78, 5) is 15.9. The molecule has 0 fully saturated rings. The number of rotatable bonds is 1. The van der Waals surface area contributed by atoms with Crippen molar-refractivity contribution in [2.24, 2.45) is 0 Å². The maximum atomic E-state index is 11.4. The summed E-state index contributed by atoms with van der Waals surface area (Å²) < 4.78 is 1.94. The molecule has 0 unspecified atom stereocenters. The van der Waals surface area contributed by atoms with Gasteiger partial charge in [-0.15, -0.1) is 0 Å². The number of Topliss-reactive ketones (excluding diaryl/α,β-unsaturated/α-hetero) is 1. The van der Waals surface area contributed by atoms with Crippen LogP contribution in [0.4, 0.5) is 0 Å². The van der Waals surface area contributed by atoms with Gasteiger partial charge in [0.15, 0.2) is 0 Å². The van der Waals surface area contributed by atoms with Crippen LogP contribution in [0.2, 0.25) is 5.15 Å². The predicted octanol–water partition coefficient (Wildman–Crippen LogP) is 2.72. The summed E-state index contributed by atoms with van der Waals surface area (Å²) in [6.45, 7) is 0.646. The Kier molecular flexibility index (Phi) is 2.48. The van der Waals surface area contributed by atoms with Gasteiger partial charge < -0.3 is 4.57 Å². The van der Waals surface area contributed by atoms with Gasteiger partial charge in [-0.05, 0) is 0 Å². The molecule has 0 saturated heterocycles. The van der Waals surface area contributed by atoms with Gasteiger partial charge in [-0.25, -0.2) is 4.98 Å². The highest BCUT2D eigenvalue weighted by atomic mass is 35.5. The van der Waals surface area contributed by atoms with E-state index in [4.69, 9.17) is 11.6 Å². The molecule has 1 aromatic heterocycles. The summed E-state index contributed by atoms with van der Waals surface area (Å²) in [5.74, 6) is 1.02. The van der Waals surface area contributed by atoms with Crippen molar-refractivity contribution in [1.82, 2.24) is 9.55 Å². The standard InChI is InChI=1S/C13H11ClN2O/c14-13-12(9-4-2-1-3-5-9)15-11-8-10(17)6-7-16(11)13/h1-5H,6-8H2. The number of hydrogen-bond donors (Lipinski definition) is 0. The van der Waals surface area contributed by atoms with Crippen LogP contribution in [0, 0.1) is 0 Å². The first-order valence-electron chi connectivity index (χ1n) is 5.58. The number of ketones is 1. The van der Waals surface area contributed by atoms with Crippen molar-refractivity contribution < 1.29 is 4.79 Å². The number of halogens is 1. The zero-order valence-corrected chi connectivity index (χ0v) is 9.94. The number of hydrogen-bond acceptors (Lipinski definition) is 2. The minimum Gasteiger partial charge on any atom is -0.318 e. The SMILES string of the molecule is O=C1CCn2c(nc(-c3ccccc3)c2Cl)C1. The van der Waals surface area contributed by atoms with E-state index in [-0.39, 0.29) is 5.78 Å². The van der Waals surface area contributed by atoms with Crippen molar-refractivity contribution in [3.63, 3.8) is 0 Å². The Morgan fingerprint density at radius 2 is 2.00 bits per heavy atom. The molecular weight excluding hydrogens is 236 g/mol. The van der Waals surface area contributed by atoms with Crippen LogP contribution in [0.15, 0.2) is 30.3 Å². The largest absolute Gasteiger partial charge is 0.318 e. The molecule has 0 radical (unpaired) electrons. The minimum absolute atomic E-state index is 0.235. The van der Waals surface area contributed by atoms with E-state index in [1.807, 2.05) is 34.9 Å². The second kappa shape index (κ2) is 4.00. The fraction of sp³-hybridized carbons (Fsp3) is 0.231. The second-order valence-corrected chi connectivity index (χ2v) is 4.51. The van der Waals surface area contributed by atoms with Crippen LogP contribution >= 0.6 is 11.6 Å².